The van der Waals surface area contributed by atoms with Crippen molar-refractivity contribution in [1.29, 1.82) is 0 Å². The highest BCUT2D eigenvalue weighted by Crippen LogP contribution is 2.40. The normalized spacial score (nSPS) is 17.8. The van der Waals surface area contributed by atoms with Crippen LogP contribution < -0.4 is 20.3 Å². The Kier molecular flexibility index (Phi) is 1.96. The average molecular weight is 256 g/mol. The van der Waals surface area contributed by atoms with Crippen LogP contribution in [-0.4, -0.2) is 8.42 Å². The summed E-state index contributed by atoms with van der Waals surface area (Å²) in [6, 6.07) is 4.72. The third-order valence-corrected chi connectivity index (χ3v) is 3.90. The lowest BCUT2D eigenvalue weighted by Crippen LogP contribution is -2.26. The molecule has 0 saturated carbocycles. The van der Waals surface area contributed by atoms with Crippen LogP contribution in [-0.2, 0) is 10.0 Å². The first kappa shape index (κ1) is 9.97. The summed E-state index contributed by atoms with van der Waals surface area (Å²) in [7, 11) is -3.66. The minimum absolute atomic E-state index is 0.105. The van der Waals surface area contributed by atoms with Crippen LogP contribution in [0.5, 0.6) is 0 Å². The van der Waals surface area contributed by atoms with Gasteiger partial charge in [-0.3, -0.25) is 0 Å². The molecule has 1 aromatic carbocycles. The predicted octanol–water partition coefficient (Wildman–Crippen LogP) is 0.531. The van der Waals surface area contributed by atoms with Gasteiger partial charge in [0.25, 0.3) is 0 Å². The van der Waals surface area contributed by atoms with Gasteiger partial charge in [-0.2, -0.15) is 4.83 Å². The molecule has 2 heterocycles. The summed E-state index contributed by atoms with van der Waals surface area (Å²) in [5, 5.41) is 11.9. The number of rotatable bonds is 1. The van der Waals surface area contributed by atoms with Crippen LogP contribution in [0.2, 0.25) is 0 Å². The van der Waals surface area contributed by atoms with Crippen molar-refractivity contribution in [2.24, 2.45) is 5.14 Å². The molecule has 6 nitrogen and oxygen atoms in total. The molecular weight excluding hydrogens is 248 g/mol. The highest BCUT2D eigenvalue weighted by atomic mass is 32.2. The second kappa shape index (κ2) is 3.14. The van der Waals surface area contributed by atoms with Crippen LogP contribution in [0.3, 0.4) is 0 Å². The van der Waals surface area contributed by atoms with Crippen molar-refractivity contribution in [2.45, 2.75) is 4.90 Å². The fourth-order valence-electron chi connectivity index (χ4n) is 1.62. The molecule has 0 amide bonds. The molecule has 2 aliphatic heterocycles. The number of anilines is 2. The molecule has 16 heavy (non-hydrogen) atoms. The number of nitrogens with one attached hydrogen (secondary N) is 2. The van der Waals surface area contributed by atoms with Crippen LogP contribution in [0.4, 0.5) is 11.4 Å². The highest BCUT2D eigenvalue weighted by molar-refractivity contribution is 8.00. The number of hydrazine groups is 1. The van der Waals surface area contributed by atoms with Gasteiger partial charge in [0, 0.05) is 5.41 Å². The molecule has 2 aliphatic rings. The molecule has 0 fully saturated rings. The Balaban J connectivity index is 2.14. The first-order chi connectivity index (χ1) is 7.55. The number of hydrogen-bond donors (Lipinski definition) is 3. The van der Waals surface area contributed by atoms with Crippen molar-refractivity contribution >= 4 is 33.3 Å². The maximum Gasteiger partial charge on any atom is 0.238 e. The lowest BCUT2D eigenvalue weighted by Gasteiger charge is -2.12. The quantitative estimate of drug-likeness (QED) is 0.635. The Bertz CT molecular complexity index is 596. The SMILES string of the molecule is NS(=O)(=O)c1ccc2c(c1)N1NSC=C1N2. The molecule has 3 rings (SSSR count). The second-order valence-corrected chi connectivity index (χ2v) is 5.61. The zero-order valence-electron chi connectivity index (χ0n) is 7.97. The van der Waals surface area contributed by atoms with E-state index in [1.165, 1.54) is 24.1 Å². The predicted molar refractivity (Wildman–Crippen MR) is 62.7 cm³/mol. The van der Waals surface area contributed by atoms with Crippen LogP contribution in [0.1, 0.15) is 0 Å². The number of hydrogen-bond acceptors (Lipinski definition) is 6. The van der Waals surface area contributed by atoms with E-state index < -0.39 is 10.0 Å². The minimum Gasteiger partial charge on any atom is -0.338 e. The number of nitrogens with two attached hydrogens (primary N) is 1. The summed E-state index contributed by atoms with van der Waals surface area (Å²) in [5.74, 6) is 0.881. The molecule has 0 aromatic heterocycles. The average Bonchev–Trinajstić information content (AvgIpc) is 2.74. The fourth-order valence-corrected chi connectivity index (χ4v) is 2.78. The Morgan fingerprint density at radius 1 is 1.38 bits per heavy atom. The first-order valence-corrected chi connectivity index (χ1v) is 6.84. The Morgan fingerprint density at radius 2 is 2.19 bits per heavy atom. The van der Waals surface area contributed by atoms with Gasteiger partial charge in [0.05, 0.1) is 16.3 Å². The van der Waals surface area contributed by atoms with E-state index >= 15 is 0 Å². The van der Waals surface area contributed by atoms with Gasteiger partial charge < -0.3 is 5.32 Å². The molecule has 1 aromatic rings. The van der Waals surface area contributed by atoms with Gasteiger partial charge in [0.2, 0.25) is 10.0 Å². The van der Waals surface area contributed by atoms with Crippen molar-refractivity contribution in [1.82, 2.24) is 4.83 Å². The van der Waals surface area contributed by atoms with Crippen molar-refractivity contribution in [2.75, 3.05) is 10.3 Å². The molecule has 0 atom stereocenters. The molecule has 0 radical (unpaired) electrons. The first-order valence-electron chi connectivity index (χ1n) is 4.41. The molecule has 84 valence electrons. The molecule has 8 heteroatoms. The summed E-state index contributed by atoms with van der Waals surface area (Å²) in [6.07, 6.45) is 0. The molecule has 0 unspecified atom stereocenters. The van der Waals surface area contributed by atoms with Crippen LogP contribution in [0, 0.1) is 0 Å². The van der Waals surface area contributed by atoms with Crippen LogP contribution >= 0.6 is 11.9 Å². The molecular formula is C8H8N4O2S2. The number of benzene rings is 1. The summed E-state index contributed by atoms with van der Waals surface area (Å²) < 4.78 is 22.4. The van der Waals surface area contributed by atoms with Crippen molar-refractivity contribution in [3.05, 3.63) is 29.4 Å². The number of primary sulfonamides is 1. The van der Waals surface area contributed by atoms with Crippen molar-refractivity contribution < 1.29 is 8.42 Å². The number of nitrogens with zero attached hydrogens (tertiary/aromatic N) is 1. The van der Waals surface area contributed by atoms with Gasteiger partial charge in [-0.1, -0.05) is 0 Å². The largest absolute Gasteiger partial charge is 0.338 e. The smallest absolute Gasteiger partial charge is 0.238 e. The second-order valence-electron chi connectivity index (χ2n) is 3.40. The lowest BCUT2D eigenvalue weighted by atomic mass is 10.3. The third-order valence-electron chi connectivity index (χ3n) is 2.36. The fraction of sp³-hybridized carbons (Fsp3) is 0. The van der Waals surface area contributed by atoms with Gasteiger partial charge >= 0.3 is 0 Å². The third kappa shape index (κ3) is 1.39. The number of sulfonamides is 1. The zero-order chi connectivity index (χ0) is 11.3. The summed E-state index contributed by atoms with van der Waals surface area (Å²) >= 11 is 1.41. The van der Waals surface area contributed by atoms with E-state index in [-0.39, 0.29) is 4.90 Å². The zero-order valence-corrected chi connectivity index (χ0v) is 9.60. The van der Waals surface area contributed by atoms with E-state index in [4.69, 9.17) is 5.14 Å². The standard InChI is InChI=1S/C8H8N4O2S2/c9-16(13,14)5-1-2-6-7(3-5)12-8(10-6)4-15-11-12/h1-4,10-11H,(H2,9,13,14). The van der Waals surface area contributed by atoms with Gasteiger partial charge in [-0.05, 0) is 30.1 Å². The minimum atomic E-state index is -3.66. The summed E-state index contributed by atoms with van der Waals surface area (Å²) in [5.41, 5.74) is 1.61. The topological polar surface area (TPSA) is 87.5 Å². The lowest BCUT2D eigenvalue weighted by molar-refractivity contribution is 0.598. The van der Waals surface area contributed by atoms with E-state index in [0.717, 1.165) is 17.2 Å². The monoisotopic (exact) mass is 256 g/mol. The summed E-state index contributed by atoms with van der Waals surface area (Å²) in [6.45, 7) is 0. The van der Waals surface area contributed by atoms with Gasteiger partial charge in [-0.15, -0.1) is 0 Å². The van der Waals surface area contributed by atoms with Crippen molar-refractivity contribution in [3.63, 3.8) is 0 Å². The van der Waals surface area contributed by atoms with Gasteiger partial charge in [0.15, 0.2) is 0 Å². The molecule has 4 N–H and O–H groups in total. The summed E-state index contributed by atoms with van der Waals surface area (Å²) in [4.78, 5) is 3.12. The van der Waals surface area contributed by atoms with Crippen molar-refractivity contribution in [3.8, 4) is 0 Å². The Labute approximate surface area is 96.6 Å². The Morgan fingerprint density at radius 3 is 2.94 bits per heavy atom. The van der Waals surface area contributed by atoms with E-state index in [9.17, 15) is 8.42 Å². The van der Waals surface area contributed by atoms with Gasteiger partial charge in [0.1, 0.15) is 5.82 Å². The molecule has 0 bridgehead atoms. The van der Waals surface area contributed by atoms with E-state index in [1.807, 2.05) is 5.41 Å². The van der Waals surface area contributed by atoms with E-state index in [0.29, 0.717) is 0 Å². The maximum atomic E-state index is 11.2. The molecule has 0 aliphatic carbocycles. The van der Waals surface area contributed by atoms with Gasteiger partial charge in [-0.25, -0.2) is 18.6 Å². The Hall–Kier alpha value is -1.22. The maximum absolute atomic E-state index is 11.2. The highest BCUT2D eigenvalue weighted by Gasteiger charge is 2.28. The molecule has 0 spiro atoms. The van der Waals surface area contributed by atoms with E-state index in [2.05, 4.69) is 10.1 Å². The van der Waals surface area contributed by atoms with E-state index in [1.54, 1.807) is 11.1 Å². The number of fused-ring (bicyclic) bond motifs is 3. The van der Waals surface area contributed by atoms with Crippen LogP contribution in [0.25, 0.3) is 0 Å². The molecule has 0 saturated heterocycles. The van der Waals surface area contributed by atoms with Crippen LogP contribution in [0.15, 0.2) is 34.3 Å².